The molecular formula is C22H28N2O4S. The standard InChI is InChI=1S/C22H28N2O4S/c1-3-28-22(26)17-6-4-12-23(14-17)16-21(25)24(15-20-7-5-13-29-20)18-8-10-19(27-2)11-9-18/h5,7-11,13,17H,3-4,6,12,14-16H2,1-2H3/t17-/m1/s1. The number of likely N-dealkylation sites (tertiary alicyclic amines) is 1. The van der Waals surface area contributed by atoms with Crippen molar-refractivity contribution in [1.82, 2.24) is 4.90 Å². The highest BCUT2D eigenvalue weighted by atomic mass is 32.1. The highest BCUT2D eigenvalue weighted by Crippen LogP contribution is 2.24. The van der Waals surface area contributed by atoms with Gasteiger partial charge in [0.1, 0.15) is 5.75 Å². The van der Waals surface area contributed by atoms with Gasteiger partial charge in [-0.3, -0.25) is 14.5 Å². The minimum atomic E-state index is -0.157. The quantitative estimate of drug-likeness (QED) is 0.616. The van der Waals surface area contributed by atoms with E-state index in [1.165, 1.54) is 0 Å². The summed E-state index contributed by atoms with van der Waals surface area (Å²) >= 11 is 1.63. The van der Waals surface area contributed by atoms with Crippen LogP contribution in [0.3, 0.4) is 0 Å². The van der Waals surface area contributed by atoms with Crippen LogP contribution in [-0.4, -0.2) is 50.1 Å². The lowest BCUT2D eigenvalue weighted by Gasteiger charge is -2.32. The molecule has 0 radical (unpaired) electrons. The molecule has 1 aliphatic rings. The van der Waals surface area contributed by atoms with Gasteiger partial charge in [0, 0.05) is 17.1 Å². The van der Waals surface area contributed by atoms with Crippen LogP contribution in [0.25, 0.3) is 0 Å². The molecule has 1 aromatic heterocycles. The van der Waals surface area contributed by atoms with Crippen molar-refractivity contribution in [2.75, 3.05) is 38.3 Å². The number of esters is 1. The zero-order valence-electron chi connectivity index (χ0n) is 17.0. The first kappa shape index (κ1) is 21.3. The molecule has 1 aliphatic heterocycles. The van der Waals surface area contributed by atoms with Crippen LogP contribution in [0.2, 0.25) is 0 Å². The number of anilines is 1. The summed E-state index contributed by atoms with van der Waals surface area (Å²) in [4.78, 5) is 30.3. The van der Waals surface area contributed by atoms with Gasteiger partial charge in [-0.15, -0.1) is 11.3 Å². The summed E-state index contributed by atoms with van der Waals surface area (Å²) in [7, 11) is 1.62. The lowest BCUT2D eigenvalue weighted by molar-refractivity contribution is -0.150. The van der Waals surface area contributed by atoms with Crippen LogP contribution in [0.15, 0.2) is 41.8 Å². The first-order chi connectivity index (χ1) is 14.1. The van der Waals surface area contributed by atoms with Crippen LogP contribution in [-0.2, 0) is 20.9 Å². The van der Waals surface area contributed by atoms with E-state index in [0.29, 0.717) is 19.7 Å². The maximum Gasteiger partial charge on any atom is 0.310 e. The first-order valence-corrected chi connectivity index (χ1v) is 10.8. The van der Waals surface area contributed by atoms with E-state index in [1.807, 2.05) is 48.7 Å². The van der Waals surface area contributed by atoms with E-state index in [2.05, 4.69) is 4.90 Å². The van der Waals surface area contributed by atoms with Crippen molar-refractivity contribution in [2.45, 2.75) is 26.3 Å². The monoisotopic (exact) mass is 416 g/mol. The van der Waals surface area contributed by atoms with Gasteiger partial charge in [-0.05, 0) is 62.0 Å². The Hall–Kier alpha value is -2.38. The van der Waals surface area contributed by atoms with Crippen molar-refractivity contribution in [1.29, 1.82) is 0 Å². The molecular weight excluding hydrogens is 388 g/mol. The van der Waals surface area contributed by atoms with Gasteiger partial charge in [-0.2, -0.15) is 0 Å². The minimum absolute atomic E-state index is 0.0214. The predicted octanol–water partition coefficient (Wildman–Crippen LogP) is 3.57. The van der Waals surface area contributed by atoms with Crippen LogP contribution in [0.4, 0.5) is 5.69 Å². The molecule has 3 rings (SSSR count). The van der Waals surface area contributed by atoms with Gasteiger partial charge in [0.25, 0.3) is 0 Å². The maximum absolute atomic E-state index is 13.2. The topological polar surface area (TPSA) is 59.1 Å². The molecule has 0 aliphatic carbocycles. The molecule has 0 saturated carbocycles. The van der Waals surface area contributed by atoms with Gasteiger partial charge < -0.3 is 14.4 Å². The summed E-state index contributed by atoms with van der Waals surface area (Å²) < 4.78 is 10.4. The summed E-state index contributed by atoms with van der Waals surface area (Å²) in [6.45, 7) is 4.40. The molecule has 6 nitrogen and oxygen atoms in total. The number of hydrogen-bond acceptors (Lipinski definition) is 6. The van der Waals surface area contributed by atoms with Gasteiger partial charge in [0.15, 0.2) is 0 Å². The number of methoxy groups -OCH3 is 1. The third-order valence-corrected chi connectivity index (χ3v) is 5.92. The number of piperidine rings is 1. The fourth-order valence-corrected chi connectivity index (χ4v) is 4.26. The normalized spacial score (nSPS) is 17.0. The molecule has 2 heterocycles. The number of carbonyl (C=O) groups is 2. The van der Waals surface area contributed by atoms with E-state index < -0.39 is 0 Å². The molecule has 1 aromatic carbocycles. The van der Waals surface area contributed by atoms with Crippen LogP contribution in [0.5, 0.6) is 5.75 Å². The van der Waals surface area contributed by atoms with Crippen LogP contribution in [0, 0.1) is 5.92 Å². The Morgan fingerprint density at radius 3 is 2.69 bits per heavy atom. The number of amides is 1. The van der Waals surface area contributed by atoms with Gasteiger partial charge in [0.2, 0.25) is 5.91 Å². The highest BCUT2D eigenvalue weighted by Gasteiger charge is 2.29. The van der Waals surface area contributed by atoms with E-state index in [9.17, 15) is 9.59 Å². The Balaban J connectivity index is 1.71. The molecule has 29 heavy (non-hydrogen) atoms. The minimum Gasteiger partial charge on any atom is -0.497 e. The molecule has 0 N–H and O–H groups in total. The third kappa shape index (κ3) is 5.81. The Kier molecular flexibility index (Phi) is 7.66. The Morgan fingerprint density at radius 2 is 2.03 bits per heavy atom. The van der Waals surface area contributed by atoms with Gasteiger partial charge in [-0.25, -0.2) is 0 Å². The van der Waals surface area contributed by atoms with Crippen molar-refractivity contribution < 1.29 is 19.1 Å². The number of nitrogens with zero attached hydrogens (tertiary/aromatic N) is 2. The zero-order valence-corrected chi connectivity index (χ0v) is 17.8. The largest absolute Gasteiger partial charge is 0.497 e. The Morgan fingerprint density at radius 1 is 1.24 bits per heavy atom. The zero-order chi connectivity index (χ0) is 20.6. The third-order valence-electron chi connectivity index (χ3n) is 5.06. The predicted molar refractivity (Wildman–Crippen MR) is 114 cm³/mol. The summed E-state index contributed by atoms with van der Waals surface area (Å²) in [6, 6.07) is 11.6. The van der Waals surface area contributed by atoms with Crippen molar-refractivity contribution in [3.63, 3.8) is 0 Å². The van der Waals surface area contributed by atoms with Crippen molar-refractivity contribution in [2.24, 2.45) is 5.92 Å². The second-order valence-corrected chi connectivity index (χ2v) is 8.12. The molecule has 1 atom stereocenters. The van der Waals surface area contributed by atoms with E-state index in [4.69, 9.17) is 9.47 Å². The van der Waals surface area contributed by atoms with Crippen LogP contribution >= 0.6 is 11.3 Å². The first-order valence-electron chi connectivity index (χ1n) is 9.96. The second kappa shape index (κ2) is 10.4. The lowest BCUT2D eigenvalue weighted by atomic mass is 9.98. The molecule has 1 amide bonds. The fraction of sp³-hybridized carbons (Fsp3) is 0.455. The van der Waals surface area contributed by atoms with Crippen molar-refractivity contribution in [3.8, 4) is 5.75 Å². The molecule has 0 spiro atoms. The van der Waals surface area contributed by atoms with E-state index >= 15 is 0 Å². The number of benzene rings is 1. The smallest absolute Gasteiger partial charge is 0.310 e. The molecule has 7 heteroatoms. The molecule has 1 fully saturated rings. The van der Waals surface area contributed by atoms with E-state index in [1.54, 1.807) is 23.3 Å². The highest BCUT2D eigenvalue weighted by molar-refractivity contribution is 7.09. The average Bonchev–Trinajstić information content (AvgIpc) is 3.26. The van der Waals surface area contributed by atoms with Crippen LogP contribution in [0.1, 0.15) is 24.6 Å². The van der Waals surface area contributed by atoms with Crippen LogP contribution < -0.4 is 9.64 Å². The van der Waals surface area contributed by atoms with Gasteiger partial charge in [-0.1, -0.05) is 6.07 Å². The fourth-order valence-electron chi connectivity index (χ4n) is 3.57. The molecule has 2 aromatic rings. The number of ether oxygens (including phenoxy) is 2. The summed E-state index contributed by atoms with van der Waals surface area (Å²) in [5.41, 5.74) is 0.836. The number of rotatable bonds is 8. The molecule has 0 bridgehead atoms. The summed E-state index contributed by atoms with van der Waals surface area (Å²) in [5, 5.41) is 2.01. The van der Waals surface area contributed by atoms with Crippen molar-refractivity contribution in [3.05, 3.63) is 46.7 Å². The molecule has 156 valence electrons. The lowest BCUT2D eigenvalue weighted by Crippen LogP contribution is -2.45. The van der Waals surface area contributed by atoms with Gasteiger partial charge in [0.05, 0.1) is 32.7 Å². The number of carbonyl (C=O) groups excluding carboxylic acids is 2. The van der Waals surface area contributed by atoms with Crippen molar-refractivity contribution >= 4 is 28.9 Å². The second-order valence-electron chi connectivity index (χ2n) is 7.08. The summed E-state index contributed by atoms with van der Waals surface area (Å²) in [6.07, 6.45) is 1.71. The maximum atomic E-state index is 13.2. The molecule has 0 unspecified atom stereocenters. The Bertz CT molecular complexity index is 792. The Labute approximate surface area is 176 Å². The SMILES string of the molecule is CCOC(=O)[C@@H]1CCCN(CC(=O)N(Cc2cccs2)c2ccc(OC)cc2)C1. The average molecular weight is 417 g/mol. The van der Waals surface area contributed by atoms with Gasteiger partial charge >= 0.3 is 5.97 Å². The van der Waals surface area contributed by atoms with E-state index in [0.717, 1.165) is 35.7 Å². The summed E-state index contributed by atoms with van der Waals surface area (Å²) in [5.74, 6) is 0.470. The number of hydrogen-bond donors (Lipinski definition) is 0. The number of thiophene rings is 1. The van der Waals surface area contributed by atoms with E-state index in [-0.39, 0.29) is 24.3 Å². The molecule has 1 saturated heterocycles.